The maximum Gasteiger partial charge on any atom is 0.346 e. The van der Waals surface area contributed by atoms with Crippen LogP contribution in [-0.4, -0.2) is 22.6 Å². The lowest BCUT2D eigenvalue weighted by atomic mass is 9.76. The molecule has 0 spiro atoms. The molecule has 0 bridgehead atoms. The van der Waals surface area contributed by atoms with Gasteiger partial charge in [-0.3, -0.25) is 4.79 Å². The van der Waals surface area contributed by atoms with Gasteiger partial charge in [-0.05, 0) is 25.2 Å². The number of carbonyl (C=O) groups is 2. The van der Waals surface area contributed by atoms with Gasteiger partial charge in [-0.1, -0.05) is 19.8 Å². The Morgan fingerprint density at radius 3 is 2.53 bits per heavy atom. The predicted molar refractivity (Wildman–Crippen MR) is 51.8 cm³/mol. The van der Waals surface area contributed by atoms with Crippen molar-refractivity contribution >= 4 is 11.9 Å². The van der Waals surface area contributed by atoms with Gasteiger partial charge >= 0.3 is 11.9 Å². The molecule has 1 heterocycles. The molecule has 2 atom stereocenters. The molecule has 2 unspecified atom stereocenters. The zero-order valence-corrected chi connectivity index (χ0v) is 8.86. The van der Waals surface area contributed by atoms with E-state index in [4.69, 9.17) is 0 Å². The van der Waals surface area contributed by atoms with E-state index in [1.54, 1.807) is 6.92 Å². The first-order valence-corrected chi connectivity index (χ1v) is 5.59. The van der Waals surface area contributed by atoms with E-state index < -0.39 is 23.5 Å². The van der Waals surface area contributed by atoms with Crippen molar-refractivity contribution in [1.29, 1.82) is 0 Å². The van der Waals surface area contributed by atoms with Crippen molar-refractivity contribution in [3.63, 3.8) is 0 Å². The van der Waals surface area contributed by atoms with Crippen LogP contribution >= 0.6 is 0 Å². The highest BCUT2D eigenvalue weighted by Crippen LogP contribution is 2.44. The SMILES string of the molecule is CCC1C(=O)OC(=O)C1(O)C1CCCC1. The first-order chi connectivity index (χ1) is 7.10. The number of rotatable bonds is 2. The molecular formula is C11H16O4. The van der Waals surface area contributed by atoms with E-state index in [-0.39, 0.29) is 5.92 Å². The highest BCUT2D eigenvalue weighted by molar-refractivity contribution is 6.01. The fourth-order valence-corrected chi connectivity index (χ4v) is 2.86. The zero-order valence-electron chi connectivity index (χ0n) is 8.86. The lowest BCUT2D eigenvalue weighted by Gasteiger charge is -2.29. The van der Waals surface area contributed by atoms with Crippen LogP contribution in [0.3, 0.4) is 0 Å². The molecule has 4 nitrogen and oxygen atoms in total. The van der Waals surface area contributed by atoms with E-state index in [0.29, 0.717) is 6.42 Å². The highest BCUT2D eigenvalue weighted by Gasteiger charge is 2.60. The van der Waals surface area contributed by atoms with E-state index in [0.717, 1.165) is 25.7 Å². The molecule has 1 saturated carbocycles. The molecule has 4 heteroatoms. The number of hydrogen-bond donors (Lipinski definition) is 1. The Morgan fingerprint density at radius 1 is 1.40 bits per heavy atom. The molecule has 1 N–H and O–H groups in total. The van der Waals surface area contributed by atoms with Gasteiger partial charge in [-0.15, -0.1) is 0 Å². The summed E-state index contributed by atoms with van der Waals surface area (Å²) in [6, 6.07) is 0. The van der Waals surface area contributed by atoms with Crippen molar-refractivity contribution < 1.29 is 19.4 Å². The third-order valence-electron chi connectivity index (χ3n) is 3.72. The minimum absolute atomic E-state index is 0.0959. The average Bonchev–Trinajstić information content (AvgIpc) is 2.76. The molecule has 0 aromatic carbocycles. The largest absolute Gasteiger partial charge is 0.391 e. The molecule has 1 aliphatic heterocycles. The number of aliphatic hydroxyl groups is 1. The third kappa shape index (κ3) is 1.39. The fraction of sp³-hybridized carbons (Fsp3) is 0.818. The fourth-order valence-electron chi connectivity index (χ4n) is 2.86. The number of esters is 2. The van der Waals surface area contributed by atoms with Gasteiger partial charge in [0.2, 0.25) is 0 Å². The summed E-state index contributed by atoms with van der Waals surface area (Å²) in [5, 5.41) is 10.4. The maximum absolute atomic E-state index is 11.6. The summed E-state index contributed by atoms with van der Waals surface area (Å²) in [5.41, 5.74) is -1.54. The summed E-state index contributed by atoms with van der Waals surface area (Å²) in [6.07, 6.45) is 4.12. The summed E-state index contributed by atoms with van der Waals surface area (Å²) in [6.45, 7) is 1.80. The van der Waals surface area contributed by atoms with Gasteiger partial charge in [0.25, 0.3) is 0 Å². The second-order valence-electron chi connectivity index (χ2n) is 4.48. The zero-order chi connectivity index (χ0) is 11.1. The van der Waals surface area contributed by atoms with E-state index in [1.165, 1.54) is 0 Å². The van der Waals surface area contributed by atoms with Crippen LogP contribution in [0.5, 0.6) is 0 Å². The summed E-state index contributed by atoms with van der Waals surface area (Å²) < 4.78 is 4.56. The summed E-state index contributed by atoms with van der Waals surface area (Å²) in [7, 11) is 0. The monoisotopic (exact) mass is 212 g/mol. The molecule has 84 valence electrons. The third-order valence-corrected chi connectivity index (χ3v) is 3.72. The molecule has 15 heavy (non-hydrogen) atoms. The predicted octanol–water partition coefficient (Wildman–Crippen LogP) is 1.02. The Hall–Kier alpha value is -0.900. The van der Waals surface area contributed by atoms with Gasteiger partial charge in [-0.2, -0.15) is 0 Å². The summed E-state index contributed by atoms with van der Waals surface area (Å²) in [5.74, 6) is -2.04. The number of hydrogen-bond acceptors (Lipinski definition) is 4. The molecule has 2 fully saturated rings. The second-order valence-corrected chi connectivity index (χ2v) is 4.48. The summed E-state index contributed by atoms with van der Waals surface area (Å²) >= 11 is 0. The highest BCUT2D eigenvalue weighted by atomic mass is 16.6. The molecular weight excluding hydrogens is 196 g/mol. The molecule has 1 saturated heterocycles. The molecule has 0 aromatic rings. The van der Waals surface area contributed by atoms with E-state index >= 15 is 0 Å². The van der Waals surface area contributed by atoms with Crippen molar-refractivity contribution in [2.75, 3.05) is 0 Å². The minimum atomic E-state index is -1.54. The summed E-state index contributed by atoms with van der Waals surface area (Å²) in [4.78, 5) is 23.0. The van der Waals surface area contributed by atoms with Crippen molar-refractivity contribution in [2.45, 2.75) is 44.6 Å². The van der Waals surface area contributed by atoms with Gasteiger partial charge in [0.15, 0.2) is 5.60 Å². The van der Waals surface area contributed by atoms with E-state index in [1.807, 2.05) is 0 Å². The number of ether oxygens (including phenoxy) is 1. The lowest BCUT2D eigenvalue weighted by molar-refractivity contribution is -0.162. The topological polar surface area (TPSA) is 63.6 Å². The molecule has 2 aliphatic rings. The minimum Gasteiger partial charge on any atom is -0.391 e. The van der Waals surface area contributed by atoms with Crippen molar-refractivity contribution in [3.05, 3.63) is 0 Å². The van der Waals surface area contributed by atoms with Gasteiger partial charge in [0.1, 0.15) is 0 Å². The quantitative estimate of drug-likeness (QED) is 0.548. The Labute approximate surface area is 88.6 Å². The Morgan fingerprint density at radius 2 is 2.00 bits per heavy atom. The first kappa shape index (κ1) is 10.6. The normalized spacial score (nSPS) is 37.3. The average molecular weight is 212 g/mol. The number of carbonyl (C=O) groups excluding carboxylic acids is 2. The van der Waals surface area contributed by atoms with Gasteiger partial charge < -0.3 is 9.84 Å². The van der Waals surface area contributed by atoms with Crippen LogP contribution in [-0.2, 0) is 14.3 Å². The Bertz CT molecular complexity index is 293. The Balaban J connectivity index is 2.29. The van der Waals surface area contributed by atoms with Gasteiger partial charge in [0.05, 0.1) is 5.92 Å². The van der Waals surface area contributed by atoms with Crippen LogP contribution in [0.25, 0.3) is 0 Å². The van der Waals surface area contributed by atoms with E-state index in [2.05, 4.69) is 4.74 Å². The van der Waals surface area contributed by atoms with Crippen LogP contribution < -0.4 is 0 Å². The second kappa shape index (κ2) is 3.59. The van der Waals surface area contributed by atoms with Crippen LogP contribution in [0.4, 0.5) is 0 Å². The van der Waals surface area contributed by atoms with Crippen molar-refractivity contribution in [3.8, 4) is 0 Å². The van der Waals surface area contributed by atoms with Gasteiger partial charge in [-0.25, -0.2) is 4.79 Å². The molecule has 0 radical (unpaired) electrons. The van der Waals surface area contributed by atoms with Crippen molar-refractivity contribution in [2.24, 2.45) is 11.8 Å². The molecule has 0 aromatic heterocycles. The van der Waals surface area contributed by atoms with Crippen LogP contribution in [0, 0.1) is 11.8 Å². The number of cyclic esters (lactones) is 2. The van der Waals surface area contributed by atoms with Crippen LogP contribution in [0.15, 0.2) is 0 Å². The van der Waals surface area contributed by atoms with Crippen LogP contribution in [0.2, 0.25) is 0 Å². The van der Waals surface area contributed by atoms with Crippen LogP contribution in [0.1, 0.15) is 39.0 Å². The van der Waals surface area contributed by atoms with E-state index in [9.17, 15) is 14.7 Å². The molecule has 1 aliphatic carbocycles. The molecule has 2 rings (SSSR count). The molecule has 0 amide bonds. The first-order valence-electron chi connectivity index (χ1n) is 5.59. The lowest BCUT2D eigenvalue weighted by Crippen LogP contribution is -2.47. The van der Waals surface area contributed by atoms with Gasteiger partial charge in [0, 0.05) is 0 Å². The Kier molecular flexibility index (Phi) is 2.54. The smallest absolute Gasteiger partial charge is 0.346 e. The maximum atomic E-state index is 11.6. The van der Waals surface area contributed by atoms with Crippen molar-refractivity contribution in [1.82, 2.24) is 0 Å². The standard InChI is InChI=1S/C11H16O4/c1-2-8-9(12)15-10(13)11(8,14)7-5-3-4-6-7/h7-8,14H,2-6H2,1H3.